The topological polar surface area (TPSA) is 51.7 Å². The van der Waals surface area contributed by atoms with Crippen LogP contribution in [0.2, 0.25) is 0 Å². The highest BCUT2D eigenvalue weighted by Gasteiger charge is 2.44. The normalized spacial score (nSPS) is 24.8. The van der Waals surface area contributed by atoms with Crippen molar-refractivity contribution < 1.29 is 14.3 Å². The van der Waals surface area contributed by atoms with E-state index in [0.29, 0.717) is 0 Å². The molecule has 130 valence electrons. The number of rotatable bonds is 5. The van der Waals surface area contributed by atoms with Crippen LogP contribution in [0.5, 0.6) is 11.5 Å². The maximum Gasteiger partial charge on any atom is 0.261 e. The van der Waals surface area contributed by atoms with Crippen LogP contribution in [0.25, 0.3) is 0 Å². The number of hydrogen-bond acceptors (Lipinski definition) is 4. The van der Waals surface area contributed by atoms with Gasteiger partial charge in [-0.2, -0.15) is 0 Å². The van der Waals surface area contributed by atoms with Gasteiger partial charge in [0.05, 0.1) is 0 Å². The first-order valence-corrected chi connectivity index (χ1v) is 8.85. The molecule has 5 heteroatoms. The molecule has 2 fully saturated rings. The lowest BCUT2D eigenvalue weighted by Crippen LogP contribution is -2.50. The molecule has 3 heterocycles. The average Bonchev–Trinajstić information content (AvgIpc) is 2.92. The van der Waals surface area contributed by atoms with E-state index in [-0.39, 0.29) is 30.7 Å². The molecule has 2 unspecified atom stereocenters. The predicted octanol–water partition coefficient (Wildman–Crippen LogP) is 3.06. The number of ether oxygens (including phenoxy) is 2. The molecule has 1 aromatic carbocycles. The predicted molar refractivity (Wildman–Crippen MR) is 93.5 cm³/mol. The Labute approximate surface area is 147 Å². The Kier molecular flexibility index (Phi) is 4.55. The Hall–Kier alpha value is -2.56. The monoisotopic (exact) mass is 338 g/mol. The van der Waals surface area contributed by atoms with Gasteiger partial charge in [-0.1, -0.05) is 18.2 Å². The Morgan fingerprint density at radius 2 is 1.68 bits per heavy atom. The third kappa shape index (κ3) is 3.60. The number of carbonyl (C=O) groups is 1. The molecule has 2 bridgehead atoms. The largest absolute Gasteiger partial charge is 0.490 e. The summed E-state index contributed by atoms with van der Waals surface area (Å²) in [5.41, 5.74) is 0. The minimum Gasteiger partial charge on any atom is -0.490 e. The molecule has 4 rings (SSSR count). The van der Waals surface area contributed by atoms with E-state index in [4.69, 9.17) is 9.47 Å². The number of aromatic nitrogens is 1. The summed E-state index contributed by atoms with van der Waals surface area (Å²) in [5, 5.41) is 0. The molecule has 1 amide bonds. The fraction of sp³-hybridized carbons (Fsp3) is 0.400. The fourth-order valence-electron chi connectivity index (χ4n) is 3.98. The summed E-state index contributed by atoms with van der Waals surface area (Å²) in [7, 11) is 0. The molecular formula is C20H22N2O3. The number of hydrogen-bond donors (Lipinski definition) is 0. The zero-order chi connectivity index (χ0) is 17.1. The summed E-state index contributed by atoms with van der Waals surface area (Å²) in [6, 6.07) is 13.8. The zero-order valence-electron chi connectivity index (χ0n) is 14.1. The molecule has 2 aliphatic rings. The van der Waals surface area contributed by atoms with Crippen LogP contribution >= 0.6 is 0 Å². The summed E-state index contributed by atoms with van der Waals surface area (Å²) in [6.07, 6.45) is 7.52. The summed E-state index contributed by atoms with van der Waals surface area (Å²) >= 11 is 0. The quantitative estimate of drug-likeness (QED) is 0.841. The van der Waals surface area contributed by atoms with Gasteiger partial charge in [0.25, 0.3) is 5.91 Å². The molecule has 0 saturated carbocycles. The van der Waals surface area contributed by atoms with Crippen LogP contribution < -0.4 is 9.47 Å². The third-order valence-corrected chi connectivity index (χ3v) is 5.04. The van der Waals surface area contributed by atoms with E-state index in [0.717, 1.165) is 37.2 Å². The number of amides is 1. The Balaban J connectivity index is 1.34. The number of nitrogens with zero attached hydrogens (tertiary/aromatic N) is 2. The minimum absolute atomic E-state index is 0.0821. The number of piperidine rings is 1. The molecule has 2 atom stereocenters. The van der Waals surface area contributed by atoms with Gasteiger partial charge in [-0.05, 0) is 37.1 Å². The van der Waals surface area contributed by atoms with Crippen molar-refractivity contribution in [3.63, 3.8) is 0 Å². The van der Waals surface area contributed by atoms with Crippen molar-refractivity contribution in [2.45, 2.75) is 43.9 Å². The van der Waals surface area contributed by atoms with Crippen LogP contribution in [-0.4, -0.2) is 40.6 Å². The first-order valence-electron chi connectivity index (χ1n) is 8.85. The molecule has 0 spiro atoms. The standard InChI is InChI=1S/C20H22N2O3/c23-20(14-24-17-4-2-1-3-5-17)22-15-6-7-16(22)13-19(12-15)25-18-8-10-21-11-9-18/h1-5,8-11,15-16,19H,6-7,12-14H2. The second-order valence-corrected chi connectivity index (χ2v) is 6.68. The Morgan fingerprint density at radius 1 is 1.00 bits per heavy atom. The molecule has 5 nitrogen and oxygen atoms in total. The number of carbonyl (C=O) groups excluding carboxylic acids is 1. The van der Waals surface area contributed by atoms with Crippen molar-refractivity contribution in [3.8, 4) is 11.5 Å². The Bertz CT molecular complexity index is 693. The van der Waals surface area contributed by atoms with E-state index in [2.05, 4.69) is 4.98 Å². The van der Waals surface area contributed by atoms with Gasteiger partial charge in [-0.15, -0.1) is 0 Å². The van der Waals surface area contributed by atoms with Crippen LogP contribution in [0.1, 0.15) is 25.7 Å². The number of fused-ring (bicyclic) bond motifs is 2. The molecule has 0 radical (unpaired) electrons. The number of pyridine rings is 1. The van der Waals surface area contributed by atoms with Gasteiger partial charge in [-0.3, -0.25) is 9.78 Å². The molecule has 2 saturated heterocycles. The number of benzene rings is 1. The van der Waals surface area contributed by atoms with Crippen molar-refractivity contribution in [2.24, 2.45) is 0 Å². The molecule has 2 aliphatic heterocycles. The van der Waals surface area contributed by atoms with E-state index in [1.54, 1.807) is 12.4 Å². The highest BCUT2D eigenvalue weighted by Crippen LogP contribution is 2.37. The van der Waals surface area contributed by atoms with Crippen LogP contribution in [0, 0.1) is 0 Å². The van der Waals surface area contributed by atoms with Crippen LogP contribution in [0.4, 0.5) is 0 Å². The highest BCUT2D eigenvalue weighted by atomic mass is 16.5. The maximum atomic E-state index is 12.6. The molecule has 25 heavy (non-hydrogen) atoms. The van der Waals surface area contributed by atoms with Crippen molar-refractivity contribution in [3.05, 3.63) is 54.9 Å². The zero-order valence-corrected chi connectivity index (χ0v) is 14.1. The highest BCUT2D eigenvalue weighted by molar-refractivity contribution is 5.79. The van der Waals surface area contributed by atoms with E-state index >= 15 is 0 Å². The summed E-state index contributed by atoms with van der Waals surface area (Å²) in [5.74, 6) is 1.67. The average molecular weight is 338 g/mol. The van der Waals surface area contributed by atoms with Crippen molar-refractivity contribution in [2.75, 3.05) is 6.61 Å². The van der Waals surface area contributed by atoms with Crippen LogP contribution in [0.15, 0.2) is 54.9 Å². The van der Waals surface area contributed by atoms with E-state index in [1.165, 1.54) is 0 Å². The smallest absolute Gasteiger partial charge is 0.261 e. The first-order chi connectivity index (χ1) is 12.3. The van der Waals surface area contributed by atoms with Gasteiger partial charge >= 0.3 is 0 Å². The van der Waals surface area contributed by atoms with Crippen molar-refractivity contribution >= 4 is 5.91 Å². The second kappa shape index (κ2) is 7.13. The SMILES string of the molecule is O=C(COc1ccccc1)N1C2CCC1CC(Oc1ccncc1)C2. The van der Waals surface area contributed by atoms with E-state index < -0.39 is 0 Å². The third-order valence-electron chi connectivity index (χ3n) is 5.04. The molecule has 1 aromatic heterocycles. The van der Waals surface area contributed by atoms with Crippen molar-refractivity contribution in [1.82, 2.24) is 9.88 Å². The van der Waals surface area contributed by atoms with Gasteiger partial charge in [0.2, 0.25) is 0 Å². The number of para-hydroxylation sites is 1. The Morgan fingerprint density at radius 3 is 2.36 bits per heavy atom. The maximum absolute atomic E-state index is 12.6. The van der Waals surface area contributed by atoms with Gasteiger partial charge in [-0.25, -0.2) is 0 Å². The lowest BCUT2D eigenvalue weighted by Gasteiger charge is -2.38. The summed E-state index contributed by atoms with van der Waals surface area (Å²) < 4.78 is 11.7. The lowest BCUT2D eigenvalue weighted by atomic mass is 9.99. The van der Waals surface area contributed by atoms with Gasteiger partial charge < -0.3 is 14.4 Å². The van der Waals surface area contributed by atoms with Crippen molar-refractivity contribution in [1.29, 1.82) is 0 Å². The fourth-order valence-corrected chi connectivity index (χ4v) is 3.98. The summed E-state index contributed by atoms with van der Waals surface area (Å²) in [6.45, 7) is 0.104. The minimum atomic E-state index is 0.0821. The second-order valence-electron chi connectivity index (χ2n) is 6.68. The van der Waals surface area contributed by atoms with Crippen LogP contribution in [-0.2, 0) is 4.79 Å². The molecule has 0 aliphatic carbocycles. The van der Waals surface area contributed by atoms with Gasteiger partial charge in [0, 0.05) is 37.3 Å². The van der Waals surface area contributed by atoms with E-state index in [9.17, 15) is 4.79 Å². The molecular weight excluding hydrogens is 316 g/mol. The molecule has 2 aromatic rings. The lowest BCUT2D eigenvalue weighted by molar-refractivity contribution is -0.139. The first kappa shape index (κ1) is 15.9. The molecule has 0 N–H and O–H groups in total. The summed E-state index contributed by atoms with van der Waals surface area (Å²) in [4.78, 5) is 18.7. The van der Waals surface area contributed by atoms with Crippen LogP contribution in [0.3, 0.4) is 0 Å². The van der Waals surface area contributed by atoms with Gasteiger partial charge in [0.15, 0.2) is 6.61 Å². The van der Waals surface area contributed by atoms with E-state index in [1.807, 2.05) is 47.4 Å². The van der Waals surface area contributed by atoms with Gasteiger partial charge in [0.1, 0.15) is 17.6 Å².